The van der Waals surface area contributed by atoms with Gasteiger partial charge < -0.3 is 4.98 Å². The number of hydrogen-bond acceptors (Lipinski definition) is 1. The molecule has 5 rings (SSSR count). The Morgan fingerprint density at radius 2 is 1.75 bits per heavy atom. The van der Waals surface area contributed by atoms with Crippen LogP contribution in [0.5, 0.6) is 0 Å². The Balaban J connectivity index is 0.00000146. The zero-order chi connectivity index (χ0) is 16.0. The molecule has 2 atom stereocenters. The summed E-state index contributed by atoms with van der Waals surface area (Å²) in [4.78, 5) is 4.64. The van der Waals surface area contributed by atoms with E-state index in [1.807, 2.05) is 12.3 Å². The summed E-state index contributed by atoms with van der Waals surface area (Å²) in [7, 11) is 0. The summed E-state index contributed by atoms with van der Waals surface area (Å²) in [5.74, 6) is 0. The zero-order valence-corrected chi connectivity index (χ0v) is 17.1. The summed E-state index contributed by atoms with van der Waals surface area (Å²) in [5, 5.41) is 3.76. The third kappa shape index (κ3) is 1.53. The van der Waals surface area contributed by atoms with Gasteiger partial charge >= 0.3 is 0 Å². The molecule has 0 aliphatic heterocycles. The van der Waals surface area contributed by atoms with Crippen molar-refractivity contribution in [2.45, 2.75) is 51.4 Å². The topological polar surface area (TPSA) is 12.9 Å². The second kappa shape index (κ2) is 4.68. The molecule has 0 amide bonds. The predicted octanol–water partition coefficient (Wildman–Crippen LogP) is 5.53. The summed E-state index contributed by atoms with van der Waals surface area (Å²) < 4.78 is 0. The molecule has 1 saturated carbocycles. The van der Waals surface area contributed by atoms with E-state index in [1.54, 1.807) is 5.56 Å². The van der Waals surface area contributed by atoms with Gasteiger partial charge in [0.15, 0.2) is 0 Å². The van der Waals surface area contributed by atoms with Gasteiger partial charge in [-0.2, -0.15) is 0 Å². The first-order valence-corrected chi connectivity index (χ1v) is 8.63. The van der Waals surface area contributed by atoms with Gasteiger partial charge in [-0.05, 0) is 39.6 Å². The fourth-order valence-electron chi connectivity index (χ4n) is 5.53. The molecule has 2 aliphatic rings. The average molecular weight is 493 g/mol. The SMILES string of the molecule is CC12CCC(C)(c3c1c[c-]c1c3ccc3cccnc31)C2(C)C.[Ir]. The minimum absolute atomic E-state index is 0. The van der Waals surface area contributed by atoms with Crippen LogP contribution in [0.1, 0.15) is 51.7 Å². The molecular weight excluding hydrogens is 470 g/mol. The van der Waals surface area contributed by atoms with Gasteiger partial charge in [-0.25, -0.2) is 0 Å². The molecule has 2 aromatic carbocycles. The maximum absolute atomic E-state index is 4.64. The maximum Gasteiger partial charge on any atom is 0.0161 e. The molecule has 1 heterocycles. The average Bonchev–Trinajstić information content (AvgIpc) is 2.82. The Kier molecular flexibility index (Phi) is 3.17. The zero-order valence-electron chi connectivity index (χ0n) is 14.7. The van der Waals surface area contributed by atoms with Crippen LogP contribution in [0, 0.1) is 11.5 Å². The molecule has 1 fully saturated rings. The molecule has 2 aliphatic carbocycles. The van der Waals surface area contributed by atoms with Gasteiger partial charge in [0.1, 0.15) is 0 Å². The summed E-state index contributed by atoms with van der Waals surface area (Å²) in [5.41, 5.74) is 4.97. The second-order valence-electron chi connectivity index (χ2n) is 8.43. The summed E-state index contributed by atoms with van der Waals surface area (Å²) in [6.45, 7) is 9.87. The van der Waals surface area contributed by atoms with Gasteiger partial charge in [0.2, 0.25) is 0 Å². The van der Waals surface area contributed by atoms with Crippen LogP contribution in [0.25, 0.3) is 21.7 Å². The number of nitrogens with zero attached hydrogens (tertiary/aromatic N) is 1. The van der Waals surface area contributed by atoms with E-state index in [0.29, 0.717) is 0 Å². The van der Waals surface area contributed by atoms with Gasteiger partial charge in [-0.3, -0.25) is 0 Å². The molecule has 3 aromatic rings. The molecule has 0 spiro atoms. The van der Waals surface area contributed by atoms with Crippen molar-refractivity contribution in [1.82, 2.24) is 4.98 Å². The fourth-order valence-corrected chi connectivity index (χ4v) is 5.53. The first kappa shape index (κ1) is 16.2. The fraction of sp³-hybridized carbons (Fsp3) is 0.409. The molecule has 1 radical (unpaired) electrons. The van der Waals surface area contributed by atoms with Crippen LogP contribution in [0.4, 0.5) is 0 Å². The van der Waals surface area contributed by atoms with Crippen molar-refractivity contribution in [3.05, 3.63) is 53.7 Å². The molecule has 24 heavy (non-hydrogen) atoms. The summed E-state index contributed by atoms with van der Waals surface area (Å²) in [6.07, 6.45) is 4.46. The molecule has 125 valence electrons. The van der Waals surface area contributed by atoms with E-state index in [-0.39, 0.29) is 36.4 Å². The molecule has 0 N–H and O–H groups in total. The quantitative estimate of drug-likeness (QED) is 0.297. The molecule has 0 saturated heterocycles. The number of benzene rings is 2. The largest absolute Gasteiger partial charge is 0.304 e. The standard InChI is InChI=1S/C22H22N.Ir/c1-20(2)21(3)11-12-22(20,4)18-15-8-7-14-6-5-13-23-19(14)16(15)9-10-17(18)21;/h5-8,10,13H,11-12H2,1-4H3;/q-1;. The molecule has 1 nitrogen and oxygen atoms in total. The normalized spacial score (nSPS) is 29.7. The number of pyridine rings is 1. The van der Waals surface area contributed by atoms with E-state index in [2.05, 4.69) is 63.0 Å². The third-order valence-electron chi connectivity index (χ3n) is 7.70. The van der Waals surface area contributed by atoms with Crippen LogP contribution >= 0.6 is 0 Å². The Morgan fingerprint density at radius 3 is 2.54 bits per heavy atom. The van der Waals surface area contributed by atoms with Crippen molar-refractivity contribution in [2.75, 3.05) is 0 Å². The van der Waals surface area contributed by atoms with Crippen LogP contribution in [0.3, 0.4) is 0 Å². The van der Waals surface area contributed by atoms with Crippen LogP contribution in [-0.4, -0.2) is 4.98 Å². The van der Waals surface area contributed by atoms with Gasteiger partial charge in [0.05, 0.1) is 0 Å². The van der Waals surface area contributed by atoms with Gasteiger partial charge in [0.25, 0.3) is 0 Å². The van der Waals surface area contributed by atoms with Crippen molar-refractivity contribution in [2.24, 2.45) is 5.41 Å². The summed E-state index contributed by atoms with van der Waals surface area (Å²) in [6, 6.07) is 14.6. The Labute approximate surface area is 157 Å². The smallest absolute Gasteiger partial charge is 0.0161 e. The minimum Gasteiger partial charge on any atom is -0.304 e. The van der Waals surface area contributed by atoms with Crippen molar-refractivity contribution in [1.29, 1.82) is 0 Å². The maximum atomic E-state index is 4.64. The first-order chi connectivity index (χ1) is 10.9. The Bertz CT molecular complexity index is 990. The molecule has 2 unspecified atom stereocenters. The molecule has 2 bridgehead atoms. The molecule has 1 aromatic heterocycles. The van der Waals surface area contributed by atoms with E-state index >= 15 is 0 Å². The first-order valence-electron chi connectivity index (χ1n) is 8.63. The minimum atomic E-state index is 0. The monoisotopic (exact) mass is 493 g/mol. The van der Waals surface area contributed by atoms with Crippen LogP contribution in [0.2, 0.25) is 0 Å². The van der Waals surface area contributed by atoms with E-state index in [1.165, 1.54) is 34.6 Å². The molecular formula is C22H22IrN-. The number of fused-ring (bicyclic) bond motifs is 9. The predicted molar refractivity (Wildman–Crippen MR) is 95.8 cm³/mol. The van der Waals surface area contributed by atoms with Gasteiger partial charge in [-0.15, -0.1) is 34.0 Å². The third-order valence-corrected chi connectivity index (χ3v) is 7.70. The number of aromatic nitrogens is 1. The van der Waals surface area contributed by atoms with Gasteiger partial charge in [-0.1, -0.05) is 52.3 Å². The van der Waals surface area contributed by atoms with Crippen molar-refractivity contribution in [3.63, 3.8) is 0 Å². The van der Waals surface area contributed by atoms with E-state index < -0.39 is 0 Å². The summed E-state index contributed by atoms with van der Waals surface area (Å²) >= 11 is 0. The van der Waals surface area contributed by atoms with Crippen molar-refractivity contribution in [3.8, 4) is 0 Å². The number of rotatable bonds is 0. The van der Waals surface area contributed by atoms with Crippen LogP contribution < -0.4 is 0 Å². The second-order valence-corrected chi connectivity index (χ2v) is 8.43. The molecule has 2 heteroatoms. The van der Waals surface area contributed by atoms with E-state index in [4.69, 9.17) is 0 Å². The van der Waals surface area contributed by atoms with Crippen LogP contribution in [0.15, 0.2) is 36.5 Å². The van der Waals surface area contributed by atoms with E-state index in [9.17, 15) is 0 Å². The number of hydrogen-bond donors (Lipinski definition) is 0. The Hall–Kier alpha value is -1.24. The van der Waals surface area contributed by atoms with E-state index in [0.717, 1.165) is 5.52 Å². The van der Waals surface area contributed by atoms with Crippen molar-refractivity contribution >= 4 is 21.7 Å². The van der Waals surface area contributed by atoms with Crippen LogP contribution in [-0.2, 0) is 30.9 Å². The Morgan fingerprint density at radius 1 is 1.00 bits per heavy atom. The van der Waals surface area contributed by atoms with Gasteiger partial charge in [0, 0.05) is 26.3 Å². The van der Waals surface area contributed by atoms with Crippen molar-refractivity contribution < 1.29 is 20.1 Å².